The molecule has 0 aliphatic heterocycles. The van der Waals surface area contributed by atoms with Gasteiger partial charge in [0.05, 0.1) is 18.1 Å². The van der Waals surface area contributed by atoms with Crippen molar-refractivity contribution in [3.05, 3.63) is 56.0 Å². The molecule has 0 fully saturated rings. The van der Waals surface area contributed by atoms with Crippen molar-refractivity contribution in [3.8, 4) is 0 Å². The van der Waals surface area contributed by atoms with Gasteiger partial charge in [-0.15, -0.1) is 45.5 Å². The third-order valence-electron chi connectivity index (χ3n) is 4.46. The zero-order valence-corrected chi connectivity index (χ0v) is 21.1. The molecular formula is C18H24Cl2IN7S. The van der Waals surface area contributed by atoms with E-state index in [-0.39, 0.29) is 24.0 Å². The summed E-state index contributed by atoms with van der Waals surface area (Å²) in [5, 5.41) is 18.1. The molecule has 0 atom stereocenters. The first-order valence-corrected chi connectivity index (χ1v) is 10.5. The maximum absolute atomic E-state index is 6.15. The van der Waals surface area contributed by atoms with Crippen molar-refractivity contribution in [1.82, 2.24) is 30.0 Å². The van der Waals surface area contributed by atoms with E-state index in [1.165, 1.54) is 4.88 Å². The fourth-order valence-corrected chi connectivity index (χ4v) is 3.73. The largest absolute Gasteiger partial charge is 0.356 e. The van der Waals surface area contributed by atoms with Crippen LogP contribution in [0.2, 0.25) is 10.2 Å². The zero-order valence-electron chi connectivity index (χ0n) is 16.4. The maximum Gasteiger partial charge on any atom is 0.192 e. The molecule has 2 N–H and O–H groups in total. The lowest BCUT2D eigenvalue weighted by atomic mass is 10.3. The van der Waals surface area contributed by atoms with Gasteiger partial charge in [0.2, 0.25) is 0 Å². The van der Waals surface area contributed by atoms with Crippen LogP contribution < -0.4 is 10.6 Å². The summed E-state index contributed by atoms with van der Waals surface area (Å²) in [6, 6.07) is 6.03. The first-order valence-electron chi connectivity index (χ1n) is 8.84. The van der Waals surface area contributed by atoms with Gasteiger partial charge in [0.1, 0.15) is 11.0 Å². The van der Waals surface area contributed by atoms with Crippen LogP contribution in [0, 0.1) is 6.92 Å². The highest BCUT2D eigenvalue weighted by Gasteiger charge is 2.10. The number of rotatable bonds is 7. The Hall–Kier alpha value is -1.30. The number of hydrogen-bond acceptors (Lipinski definition) is 4. The molecule has 0 amide bonds. The molecule has 7 nitrogen and oxygen atoms in total. The molecule has 0 aliphatic carbocycles. The highest BCUT2D eigenvalue weighted by Crippen LogP contribution is 2.25. The molecule has 0 radical (unpaired) electrons. The summed E-state index contributed by atoms with van der Waals surface area (Å²) in [4.78, 5) is 6.01. The zero-order chi connectivity index (χ0) is 20.1. The summed E-state index contributed by atoms with van der Waals surface area (Å²) in [6.07, 6.45) is 0.934. The number of thiophene rings is 1. The Kier molecular flexibility index (Phi) is 9.25. The molecule has 3 aromatic rings. The van der Waals surface area contributed by atoms with E-state index in [1.54, 1.807) is 11.3 Å². The van der Waals surface area contributed by atoms with Crippen LogP contribution in [0.1, 0.15) is 22.2 Å². The third-order valence-corrected chi connectivity index (χ3v) is 6.23. The topological polar surface area (TPSA) is 72.1 Å². The van der Waals surface area contributed by atoms with E-state index >= 15 is 0 Å². The Bertz CT molecular complexity index is 950. The smallest absolute Gasteiger partial charge is 0.192 e. The predicted molar refractivity (Wildman–Crippen MR) is 131 cm³/mol. The summed E-state index contributed by atoms with van der Waals surface area (Å²) in [6.45, 7) is 3.68. The molecule has 11 heteroatoms. The molecule has 0 spiro atoms. The second kappa shape index (κ2) is 11.2. The van der Waals surface area contributed by atoms with Crippen LogP contribution in [0.15, 0.2) is 28.6 Å². The minimum atomic E-state index is 0. The molecular weight excluding hydrogens is 544 g/mol. The van der Waals surface area contributed by atoms with Gasteiger partial charge in [-0.1, -0.05) is 29.3 Å². The Morgan fingerprint density at radius 2 is 2.00 bits per heavy atom. The molecule has 3 aromatic heterocycles. The Morgan fingerprint density at radius 3 is 2.59 bits per heavy atom. The van der Waals surface area contributed by atoms with Crippen molar-refractivity contribution in [3.63, 3.8) is 0 Å². The van der Waals surface area contributed by atoms with Crippen LogP contribution in [0.4, 0.5) is 0 Å². The van der Waals surface area contributed by atoms with Crippen molar-refractivity contribution < 1.29 is 0 Å². The number of aliphatic imine (C=N–C) groups is 1. The first kappa shape index (κ1) is 24.0. The van der Waals surface area contributed by atoms with Gasteiger partial charge in [0, 0.05) is 31.2 Å². The number of aryl methyl sites for hydroxylation is 1. The quantitative estimate of drug-likeness (QED) is 0.258. The second-order valence-electron chi connectivity index (χ2n) is 6.33. The van der Waals surface area contributed by atoms with Crippen molar-refractivity contribution in [2.45, 2.75) is 26.4 Å². The number of nitrogens with zero attached hydrogens (tertiary/aromatic N) is 5. The van der Waals surface area contributed by atoms with Gasteiger partial charge in [-0.3, -0.25) is 0 Å². The van der Waals surface area contributed by atoms with Crippen molar-refractivity contribution in [2.24, 2.45) is 19.1 Å². The molecule has 0 saturated heterocycles. The van der Waals surface area contributed by atoms with E-state index in [9.17, 15) is 0 Å². The minimum Gasteiger partial charge on any atom is -0.356 e. The first-order chi connectivity index (χ1) is 13.5. The third kappa shape index (κ3) is 6.34. The lowest BCUT2D eigenvalue weighted by molar-refractivity contribution is 0.710. The molecule has 0 unspecified atom stereocenters. The summed E-state index contributed by atoms with van der Waals surface area (Å²) in [5.41, 5.74) is 0.934. The van der Waals surface area contributed by atoms with Gasteiger partial charge < -0.3 is 19.8 Å². The van der Waals surface area contributed by atoms with Gasteiger partial charge in [-0.2, -0.15) is 0 Å². The van der Waals surface area contributed by atoms with Crippen molar-refractivity contribution >= 4 is 64.5 Å². The minimum absolute atomic E-state index is 0. The number of halogens is 3. The monoisotopic (exact) mass is 567 g/mol. The maximum atomic E-state index is 6.15. The molecule has 3 rings (SSSR count). The second-order valence-corrected chi connectivity index (χ2v) is 8.13. The molecule has 3 heterocycles. The van der Waals surface area contributed by atoms with Gasteiger partial charge in [0.15, 0.2) is 11.8 Å². The number of guanidine groups is 1. The summed E-state index contributed by atoms with van der Waals surface area (Å²) in [5.74, 6) is 2.41. The van der Waals surface area contributed by atoms with Crippen LogP contribution in [0.5, 0.6) is 0 Å². The van der Waals surface area contributed by atoms with Gasteiger partial charge in [-0.05, 0) is 30.9 Å². The van der Waals surface area contributed by atoms with Gasteiger partial charge in [-0.25, -0.2) is 4.99 Å². The van der Waals surface area contributed by atoms with Crippen LogP contribution in [-0.2, 0) is 33.6 Å². The molecule has 0 saturated carbocycles. The van der Waals surface area contributed by atoms with Crippen LogP contribution in [-0.4, -0.2) is 31.8 Å². The fourth-order valence-electron chi connectivity index (χ4n) is 2.60. The summed E-state index contributed by atoms with van der Waals surface area (Å²) in [7, 11) is 3.82. The van der Waals surface area contributed by atoms with E-state index in [4.69, 9.17) is 23.2 Å². The predicted octanol–water partition coefficient (Wildman–Crippen LogP) is 3.93. The van der Waals surface area contributed by atoms with Gasteiger partial charge in [0.25, 0.3) is 0 Å². The summed E-state index contributed by atoms with van der Waals surface area (Å²) >= 11 is 14.0. The Balaban J connectivity index is 0.00000300. The number of aromatic nitrogens is 4. The SMILES string of the molecule is Cc1nnc(CNC(=NCc2cc(Cl)c(Cl)n2C)NCCc2cccs2)n1C.I. The highest BCUT2D eigenvalue weighted by atomic mass is 127. The van der Waals surface area contributed by atoms with Crippen molar-refractivity contribution in [1.29, 1.82) is 0 Å². The standard InChI is InChI=1S/C18H23Cl2N7S.HI/c1-12-24-25-16(26(12)2)11-23-18(21-7-6-14-5-4-8-28-14)22-10-13-9-15(19)17(20)27(13)3;/h4-5,8-9H,6-7,10-11H2,1-3H3,(H2,21,22,23);1H. The van der Waals surface area contributed by atoms with Crippen LogP contribution in [0.25, 0.3) is 0 Å². The van der Waals surface area contributed by atoms with E-state index < -0.39 is 0 Å². The Morgan fingerprint density at radius 1 is 1.21 bits per heavy atom. The lowest BCUT2D eigenvalue weighted by Crippen LogP contribution is -2.38. The molecule has 0 aliphatic rings. The molecule has 0 aromatic carbocycles. The summed E-state index contributed by atoms with van der Waals surface area (Å²) < 4.78 is 3.79. The van der Waals surface area contributed by atoms with E-state index in [0.29, 0.717) is 29.2 Å². The van der Waals surface area contributed by atoms with Gasteiger partial charge >= 0.3 is 0 Å². The van der Waals surface area contributed by atoms with E-state index in [1.807, 2.05) is 36.2 Å². The van der Waals surface area contributed by atoms with Crippen LogP contribution >= 0.6 is 58.5 Å². The van der Waals surface area contributed by atoms with E-state index in [2.05, 4.69) is 43.3 Å². The van der Waals surface area contributed by atoms with Crippen molar-refractivity contribution in [2.75, 3.05) is 6.54 Å². The highest BCUT2D eigenvalue weighted by molar-refractivity contribution is 14.0. The average Bonchev–Trinajstić information content (AvgIpc) is 3.37. The number of nitrogens with one attached hydrogen (secondary N) is 2. The normalized spacial score (nSPS) is 11.4. The average molecular weight is 568 g/mol. The molecule has 29 heavy (non-hydrogen) atoms. The Labute approximate surface area is 201 Å². The molecule has 158 valence electrons. The van der Waals surface area contributed by atoms with E-state index in [0.717, 1.165) is 30.3 Å². The fraction of sp³-hybridized carbons (Fsp3) is 0.389. The number of hydrogen-bond donors (Lipinski definition) is 2. The lowest BCUT2D eigenvalue weighted by Gasteiger charge is -2.12. The van der Waals surface area contributed by atoms with Crippen LogP contribution in [0.3, 0.4) is 0 Å². The molecule has 0 bridgehead atoms.